The number of halogens is 3. The number of aromatic carboxylic acids is 1. The zero-order valence-corrected chi connectivity index (χ0v) is 27.8. The monoisotopic (exact) mass is 699 g/mol. The van der Waals surface area contributed by atoms with Gasteiger partial charge in [0.1, 0.15) is 0 Å². The van der Waals surface area contributed by atoms with Crippen LogP contribution < -0.4 is 5.32 Å². The van der Waals surface area contributed by atoms with E-state index in [0.29, 0.717) is 10.6 Å². The Hall–Kier alpha value is -3.08. The van der Waals surface area contributed by atoms with Crippen LogP contribution in [0.4, 0.5) is 0 Å². The molecule has 0 aliphatic carbocycles. The number of hydrogen-bond donors (Lipinski definition) is 3. The Morgan fingerprint density at radius 1 is 0.848 bits per heavy atom. The standard InChI is InChI=1S/C35H32Cl3NO6S/c1-21-29(20-46-30-8-3-2-7-28(30)32(41)42)44-33(45-31(21)25-11-9-22(19-40)10-12-25)26-15-13-24(14-16-26)27-6-4-5-23(17-27)18-39-34(43)35(36,37)38/h2-17,21,29,31,33,40H,18-20H2,1H3,(H,39,43)(H,41,42)/t21-,29+,31+,33+/m1/s1. The van der Waals surface area contributed by atoms with Gasteiger partial charge in [0.2, 0.25) is 0 Å². The lowest BCUT2D eigenvalue weighted by atomic mass is 9.91. The molecule has 240 valence electrons. The maximum Gasteiger partial charge on any atom is 0.336 e. The van der Waals surface area contributed by atoms with E-state index in [1.54, 1.807) is 12.1 Å². The normalized spacial score (nSPS) is 19.8. The first-order chi connectivity index (χ1) is 22.0. The zero-order chi connectivity index (χ0) is 32.8. The van der Waals surface area contributed by atoms with Crippen LogP contribution in [0.25, 0.3) is 11.1 Å². The minimum absolute atomic E-state index is 0.0474. The van der Waals surface area contributed by atoms with E-state index in [-0.39, 0.29) is 36.8 Å². The van der Waals surface area contributed by atoms with Crippen molar-refractivity contribution in [2.75, 3.05) is 5.75 Å². The lowest BCUT2D eigenvalue weighted by Crippen LogP contribution is -2.38. The largest absolute Gasteiger partial charge is 0.478 e. The molecule has 1 amide bonds. The van der Waals surface area contributed by atoms with Gasteiger partial charge in [0.05, 0.1) is 24.4 Å². The summed E-state index contributed by atoms with van der Waals surface area (Å²) in [5, 5.41) is 21.8. The van der Waals surface area contributed by atoms with Crippen molar-refractivity contribution in [2.24, 2.45) is 5.92 Å². The van der Waals surface area contributed by atoms with Gasteiger partial charge in [-0.3, -0.25) is 4.79 Å². The Labute approximate surface area is 286 Å². The molecule has 11 heteroatoms. The number of alkyl halides is 3. The minimum Gasteiger partial charge on any atom is -0.478 e. The van der Waals surface area contributed by atoms with Crippen molar-refractivity contribution in [3.63, 3.8) is 0 Å². The molecule has 46 heavy (non-hydrogen) atoms. The molecule has 1 saturated heterocycles. The smallest absolute Gasteiger partial charge is 0.336 e. The highest BCUT2D eigenvalue weighted by Crippen LogP contribution is 2.43. The average Bonchev–Trinajstić information content (AvgIpc) is 3.06. The van der Waals surface area contributed by atoms with Crippen LogP contribution in [0.2, 0.25) is 0 Å². The summed E-state index contributed by atoms with van der Waals surface area (Å²) in [5.41, 5.74) is 5.61. The first-order valence-electron chi connectivity index (χ1n) is 14.5. The SMILES string of the molecule is C[C@@H]1[C@H](CSc2ccccc2C(=O)O)O[C@H](c2ccc(-c3cccc(CNC(=O)C(Cl)(Cl)Cl)c3)cc2)O[C@@H]1c1ccc(CO)cc1. The molecule has 4 aromatic carbocycles. The van der Waals surface area contributed by atoms with Crippen LogP contribution in [-0.4, -0.2) is 37.7 Å². The molecule has 7 nitrogen and oxygen atoms in total. The number of carboxylic acid groups (broad SMARTS) is 1. The third kappa shape index (κ3) is 8.44. The van der Waals surface area contributed by atoms with E-state index in [0.717, 1.165) is 33.4 Å². The number of aliphatic hydroxyl groups excluding tert-OH is 1. The predicted molar refractivity (Wildman–Crippen MR) is 181 cm³/mol. The molecule has 1 heterocycles. The quantitative estimate of drug-likeness (QED) is 0.113. The van der Waals surface area contributed by atoms with Crippen molar-refractivity contribution in [1.82, 2.24) is 5.32 Å². The molecule has 0 saturated carbocycles. The van der Waals surface area contributed by atoms with Crippen molar-refractivity contribution < 1.29 is 29.3 Å². The number of nitrogens with one attached hydrogen (secondary N) is 1. The van der Waals surface area contributed by atoms with E-state index in [4.69, 9.17) is 44.3 Å². The van der Waals surface area contributed by atoms with Crippen molar-refractivity contribution in [3.8, 4) is 11.1 Å². The molecule has 4 atom stereocenters. The number of thioether (sulfide) groups is 1. The fraction of sp³-hybridized carbons (Fsp3) is 0.257. The number of amides is 1. The summed E-state index contributed by atoms with van der Waals surface area (Å²) in [6, 6.07) is 30.2. The second-order valence-corrected chi connectivity index (χ2v) is 14.3. The summed E-state index contributed by atoms with van der Waals surface area (Å²) in [7, 11) is 0. The van der Waals surface area contributed by atoms with Crippen molar-refractivity contribution in [3.05, 3.63) is 125 Å². The van der Waals surface area contributed by atoms with E-state index in [1.807, 2.05) is 84.9 Å². The van der Waals surface area contributed by atoms with Crippen LogP contribution in [0.1, 0.15) is 51.9 Å². The Morgan fingerprint density at radius 3 is 2.22 bits per heavy atom. The first kappa shape index (κ1) is 34.3. The van der Waals surface area contributed by atoms with E-state index >= 15 is 0 Å². The molecule has 0 unspecified atom stereocenters. The Bertz CT molecular complexity index is 1660. The maximum atomic E-state index is 12.0. The lowest BCUT2D eigenvalue weighted by Gasteiger charge is -2.41. The third-order valence-corrected chi connectivity index (χ3v) is 9.47. The molecule has 0 bridgehead atoms. The second-order valence-electron chi connectivity index (χ2n) is 10.9. The number of ether oxygens (including phenoxy) is 2. The van der Waals surface area contributed by atoms with Gasteiger partial charge in [0.25, 0.3) is 9.70 Å². The van der Waals surface area contributed by atoms with Gasteiger partial charge in [-0.15, -0.1) is 11.8 Å². The summed E-state index contributed by atoms with van der Waals surface area (Å²) in [4.78, 5) is 24.4. The first-order valence-corrected chi connectivity index (χ1v) is 16.7. The molecule has 1 fully saturated rings. The Morgan fingerprint density at radius 2 is 1.54 bits per heavy atom. The van der Waals surface area contributed by atoms with Crippen LogP contribution in [0.5, 0.6) is 0 Å². The number of benzene rings is 4. The summed E-state index contributed by atoms with van der Waals surface area (Å²) < 4.78 is 11.1. The maximum absolute atomic E-state index is 12.0. The number of carboxylic acids is 1. The molecule has 5 rings (SSSR count). The van der Waals surface area contributed by atoms with Gasteiger partial charge in [0, 0.05) is 28.7 Å². The number of carbonyl (C=O) groups is 2. The predicted octanol–water partition coefficient (Wildman–Crippen LogP) is 8.11. The highest BCUT2D eigenvalue weighted by molar-refractivity contribution is 7.99. The van der Waals surface area contributed by atoms with Crippen molar-refractivity contribution in [1.29, 1.82) is 0 Å². The summed E-state index contributed by atoms with van der Waals surface area (Å²) in [6.45, 7) is 2.23. The fourth-order valence-electron chi connectivity index (χ4n) is 5.23. The van der Waals surface area contributed by atoms with Crippen LogP contribution in [-0.2, 0) is 27.4 Å². The van der Waals surface area contributed by atoms with Gasteiger partial charge in [-0.05, 0) is 46.0 Å². The van der Waals surface area contributed by atoms with Gasteiger partial charge in [0.15, 0.2) is 6.29 Å². The fourth-order valence-corrected chi connectivity index (χ4v) is 6.64. The van der Waals surface area contributed by atoms with Gasteiger partial charge >= 0.3 is 5.97 Å². The number of rotatable bonds is 10. The van der Waals surface area contributed by atoms with Crippen LogP contribution >= 0.6 is 46.6 Å². The summed E-state index contributed by atoms with van der Waals surface area (Å²) >= 11 is 18.4. The molecular formula is C35H32Cl3NO6S. The molecule has 0 spiro atoms. The molecule has 1 aliphatic heterocycles. The topological polar surface area (TPSA) is 105 Å². The van der Waals surface area contributed by atoms with Crippen molar-refractivity contribution >= 4 is 58.4 Å². The average molecular weight is 701 g/mol. The molecule has 1 aliphatic rings. The third-order valence-electron chi connectivity index (χ3n) is 7.80. The van der Waals surface area contributed by atoms with E-state index in [2.05, 4.69) is 12.2 Å². The zero-order valence-electron chi connectivity index (χ0n) is 24.7. The second kappa shape index (κ2) is 15.2. The van der Waals surface area contributed by atoms with E-state index in [9.17, 15) is 19.8 Å². The van der Waals surface area contributed by atoms with Gasteiger partial charge in [-0.25, -0.2) is 4.79 Å². The molecule has 3 N–H and O–H groups in total. The number of carbonyl (C=O) groups excluding carboxylic acids is 1. The minimum atomic E-state index is -2.03. The van der Waals surface area contributed by atoms with Gasteiger partial charge < -0.3 is 25.0 Å². The van der Waals surface area contributed by atoms with Gasteiger partial charge in [-0.2, -0.15) is 0 Å². The number of aliphatic hydroxyl groups is 1. The number of hydrogen-bond acceptors (Lipinski definition) is 6. The highest BCUT2D eigenvalue weighted by Gasteiger charge is 2.38. The van der Waals surface area contributed by atoms with Crippen LogP contribution in [0.15, 0.2) is 102 Å². The summed E-state index contributed by atoms with van der Waals surface area (Å²) in [6.07, 6.45) is -1.23. The highest BCUT2D eigenvalue weighted by atomic mass is 35.6. The van der Waals surface area contributed by atoms with E-state index in [1.165, 1.54) is 11.8 Å². The molecular weight excluding hydrogens is 669 g/mol. The summed E-state index contributed by atoms with van der Waals surface area (Å²) in [5.74, 6) is -1.19. The molecule has 0 radical (unpaired) electrons. The molecule has 0 aromatic heterocycles. The Kier molecular flexibility index (Phi) is 11.3. The lowest BCUT2D eigenvalue weighted by molar-refractivity contribution is -0.268. The van der Waals surface area contributed by atoms with Crippen LogP contribution in [0.3, 0.4) is 0 Å². The van der Waals surface area contributed by atoms with E-state index < -0.39 is 22.0 Å². The Balaban J connectivity index is 1.36. The molecule has 4 aromatic rings. The van der Waals surface area contributed by atoms with Crippen molar-refractivity contribution in [2.45, 2.75) is 47.3 Å². The van der Waals surface area contributed by atoms with Gasteiger partial charge in [-0.1, -0.05) is 121 Å². The van der Waals surface area contributed by atoms with Crippen LogP contribution in [0, 0.1) is 5.92 Å².